The van der Waals surface area contributed by atoms with E-state index in [1.165, 1.54) is 23.6 Å². The number of carboxylic acid groups (broad SMARTS) is 1. The Kier molecular flexibility index (Phi) is 3.56. The van der Waals surface area contributed by atoms with Crippen LogP contribution in [0.2, 0.25) is 4.34 Å². The number of rotatable bonds is 3. The molecule has 1 N–H and O–H groups in total. The Morgan fingerprint density at radius 1 is 1.35 bits per heavy atom. The normalized spacial score (nSPS) is 11.5. The fourth-order valence-electron chi connectivity index (χ4n) is 1.34. The topological polar surface area (TPSA) is 50.2 Å². The lowest BCUT2D eigenvalue weighted by Crippen LogP contribution is -1.99. The number of hydrogen-bond donors (Lipinski definition) is 1. The van der Waals surface area contributed by atoms with Crippen molar-refractivity contribution in [2.24, 2.45) is 0 Å². The van der Waals surface area contributed by atoms with Crippen molar-refractivity contribution in [3.8, 4) is 0 Å². The first-order chi connectivity index (χ1) is 8.16. The minimum atomic E-state index is -0.984. The van der Waals surface area contributed by atoms with Crippen LogP contribution in [0, 0.1) is 0 Å². The van der Waals surface area contributed by atoms with Gasteiger partial charge in [0, 0.05) is 0 Å². The maximum atomic E-state index is 11.2. The molecule has 86 valence electrons. The Balaban J connectivity index is 2.43. The summed E-state index contributed by atoms with van der Waals surface area (Å²) >= 11 is 6.99. The summed E-state index contributed by atoms with van der Waals surface area (Å²) in [7, 11) is 0. The Bertz CT molecular complexity index is 563. The van der Waals surface area contributed by atoms with Crippen LogP contribution in [0.5, 0.6) is 0 Å². The highest BCUT2D eigenvalue weighted by Crippen LogP contribution is 2.24. The molecule has 0 fully saturated rings. The Morgan fingerprint density at radius 3 is 2.59 bits per heavy atom. The van der Waals surface area contributed by atoms with E-state index in [9.17, 15) is 9.90 Å². The molecule has 2 rings (SSSR count). The lowest BCUT2D eigenvalue weighted by molar-refractivity contribution is -0.130. The van der Waals surface area contributed by atoms with Crippen LogP contribution in [0.4, 0.5) is 0 Å². The van der Waals surface area contributed by atoms with Crippen LogP contribution in [0.15, 0.2) is 36.5 Å². The maximum Gasteiger partial charge on any atom is 0.336 e. The third-order valence-electron chi connectivity index (χ3n) is 2.08. The average Bonchev–Trinajstić information content (AvgIpc) is 2.73. The predicted molar refractivity (Wildman–Crippen MR) is 69.1 cm³/mol. The molecule has 0 unspecified atom stereocenters. The molecular formula is C12H8ClNO2S. The molecule has 3 nitrogen and oxygen atoms in total. The predicted octanol–water partition coefficient (Wildman–Crippen LogP) is 3.42. The Labute approximate surface area is 107 Å². The molecule has 0 radical (unpaired) electrons. The molecule has 0 aliphatic rings. The number of carbonyl (C=O) groups is 1. The molecule has 1 aromatic carbocycles. The zero-order valence-electron chi connectivity index (χ0n) is 8.63. The van der Waals surface area contributed by atoms with Gasteiger partial charge in [0.05, 0.1) is 11.8 Å². The number of nitrogens with zero attached hydrogens (tertiary/aromatic N) is 1. The van der Waals surface area contributed by atoms with Crippen LogP contribution < -0.4 is 0 Å². The molecule has 0 atom stereocenters. The summed E-state index contributed by atoms with van der Waals surface area (Å²) in [5.41, 5.74) is 0.850. The fourth-order valence-corrected chi connectivity index (χ4v) is 2.22. The molecule has 5 heteroatoms. The first-order valence-corrected chi connectivity index (χ1v) is 5.98. The number of aromatic nitrogens is 1. The minimum Gasteiger partial charge on any atom is -0.478 e. The smallest absolute Gasteiger partial charge is 0.336 e. The molecule has 1 heterocycles. The molecule has 0 aliphatic heterocycles. The van der Waals surface area contributed by atoms with Crippen molar-refractivity contribution in [2.75, 3.05) is 0 Å². The third-order valence-corrected chi connectivity index (χ3v) is 3.14. The van der Waals surface area contributed by atoms with Crippen molar-refractivity contribution < 1.29 is 9.90 Å². The number of thiazole rings is 1. The summed E-state index contributed by atoms with van der Waals surface area (Å²) in [6.45, 7) is 0. The Hall–Kier alpha value is -1.65. The quantitative estimate of drug-likeness (QED) is 0.865. The van der Waals surface area contributed by atoms with E-state index in [1.54, 1.807) is 24.3 Å². The van der Waals surface area contributed by atoms with Crippen molar-refractivity contribution in [2.45, 2.75) is 0 Å². The van der Waals surface area contributed by atoms with E-state index in [0.717, 1.165) is 0 Å². The van der Waals surface area contributed by atoms with Gasteiger partial charge < -0.3 is 5.11 Å². The van der Waals surface area contributed by atoms with E-state index in [1.807, 2.05) is 6.07 Å². The third kappa shape index (κ3) is 2.93. The molecule has 17 heavy (non-hydrogen) atoms. The zero-order chi connectivity index (χ0) is 12.3. The van der Waals surface area contributed by atoms with Crippen molar-refractivity contribution in [3.05, 3.63) is 51.4 Å². The lowest BCUT2D eigenvalue weighted by atomic mass is 10.1. The second kappa shape index (κ2) is 5.12. The standard InChI is InChI=1S/C12H8ClNO2S/c13-10-7-14-11(17-10)6-9(12(15)16)8-4-2-1-3-5-8/h1-7H,(H,15,16)/b9-6+. The van der Waals surface area contributed by atoms with Crippen LogP contribution in [0.3, 0.4) is 0 Å². The summed E-state index contributed by atoms with van der Waals surface area (Å²) in [5, 5.41) is 9.75. The van der Waals surface area contributed by atoms with Gasteiger partial charge in [-0.2, -0.15) is 0 Å². The molecule has 0 amide bonds. The van der Waals surface area contributed by atoms with Crippen molar-refractivity contribution in [1.29, 1.82) is 0 Å². The van der Waals surface area contributed by atoms with Gasteiger partial charge in [-0.05, 0) is 11.6 Å². The SMILES string of the molecule is O=C(O)/C(=C/c1ncc(Cl)s1)c1ccccc1. The van der Waals surface area contributed by atoms with Crippen LogP contribution >= 0.6 is 22.9 Å². The number of hydrogen-bond acceptors (Lipinski definition) is 3. The highest BCUT2D eigenvalue weighted by atomic mass is 35.5. The van der Waals surface area contributed by atoms with E-state index in [2.05, 4.69) is 4.98 Å². The second-order valence-electron chi connectivity index (χ2n) is 3.23. The second-order valence-corrected chi connectivity index (χ2v) is 4.93. The average molecular weight is 266 g/mol. The minimum absolute atomic E-state index is 0.205. The summed E-state index contributed by atoms with van der Waals surface area (Å²) in [6.07, 6.45) is 3.02. The summed E-state index contributed by atoms with van der Waals surface area (Å²) in [5.74, 6) is -0.984. The molecule has 0 bridgehead atoms. The van der Waals surface area contributed by atoms with Gasteiger partial charge in [0.1, 0.15) is 9.34 Å². The first-order valence-electron chi connectivity index (χ1n) is 4.78. The number of aliphatic carboxylic acids is 1. The van der Waals surface area contributed by atoms with Crippen LogP contribution in [-0.2, 0) is 4.79 Å². The molecule has 0 spiro atoms. The highest BCUT2D eigenvalue weighted by Gasteiger charge is 2.11. The van der Waals surface area contributed by atoms with Crippen LogP contribution in [-0.4, -0.2) is 16.1 Å². The number of halogens is 1. The maximum absolute atomic E-state index is 11.2. The van der Waals surface area contributed by atoms with Gasteiger partial charge in [0.15, 0.2) is 0 Å². The van der Waals surface area contributed by atoms with Gasteiger partial charge >= 0.3 is 5.97 Å². The molecule has 0 aliphatic carbocycles. The first kappa shape index (κ1) is 11.8. The molecule has 1 aromatic heterocycles. The van der Waals surface area contributed by atoms with Crippen molar-refractivity contribution >= 4 is 40.6 Å². The van der Waals surface area contributed by atoms with E-state index >= 15 is 0 Å². The molecular weight excluding hydrogens is 258 g/mol. The largest absolute Gasteiger partial charge is 0.478 e. The summed E-state index contributed by atoms with van der Waals surface area (Å²) in [6, 6.07) is 8.91. The van der Waals surface area contributed by atoms with Crippen LogP contribution in [0.1, 0.15) is 10.6 Å². The van der Waals surface area contributed by atoms with Gasteiger partial charge in [-0.3, -0.25) is 0 Å². The van der Waals surface area contributed by atoms with Gasteiger partial charge in [-0.1, -0.05) is 41.9 Å². The highest BCUT2D eigenvalue weighted by molar-refractivity contribution is 7.16. The van der Waals surface area contributed by atoms with Gasteiger partial charge in [-0.25, -0.2) is 9.78 Å². The number of benzene rings is 1. The van der Waals surface area contributed by atoms with E-state index in [-0.39, 0.29) is 5.57 Å². The Morgan fingerprint density at radius 2 is 2.06 bits per heavy atom. The van der Waals surface area contributed by atoms with Gasteiger partial charge in [0.25, 0.3) is 0 Å². The van der Waals surface area contributed by atoms with E-state index in [0.29, 0.717) is 14.9 Å². The van der Waals surface area contributed by atoms with Gasteiger partial charge in [-0.15, -0.1) is 11.3 Å². The van der Waals surface area contributed by atoms with Crippen molar-refractivity contribution in [1.82, 2.24) is 4.98 Å². The summed E-state index contributed by atoms with van der Waals surface area (Å²) in [4.78, 5) is 15.2. The number of carboxylic acids is 1. The molecule has 0 saturated carbocycles. The van der Waals surface area contributed by atoms with Crippen LogP contribution in [0.25, 0.3) is 11.6 Å². The van der Waals surface area contributed by atoms with E-state index < -0.39 is 5.97 Å². The van der Waals surface area contributed by atoms with E-state index in [4.69, 9.17) is 11.6 Å². The van der Waals surface area contributed by atoms with Crippen molar-refractivity contribution in [3.63, 3.8) is 0 Å². The molecule has 2 aromatic rings. The monoisotopic (exact) mass is 265 g/mol. The zero-order valence-corrected chi connectivity index (χ0v) is 10.2. The summed E-state index contributed by atoms with van der Waals surface area (Å²) < 4.78 is 0.536. The van der Waals surface area contributed by atoms with Gasteiger partial charge in [0.2, 0.25) is 0 Å². The molecule has 0 saturated heterocycles. The fraction of sp³-hybridized carbons (Fsp3) is 0. The lowest BCUT2D eigenvalue weighted by Gasteiger charge is -2.00.